The van der Waals surface area contributed by atoms with E-state index in [1.54, 1.807) is 0 Å². The van der Waals surface area contributed by atoms with E-state index in [4.69, 9.17) is 5.10 Å². The van der Waals surface area contributed by atoms with Gasteiger partial charge in [0.2, 0.25) is 0 Å². The molecule has 0 saturated heterocycles. The summed E-state index contributed by atoms with van der Waals surface area (Å²) in [6, 6.07) is 8.36. The van der Waals surface area contributed by atoms with Crippen molar-refractivity contribution in [2.75, 3.05) is 11.9 Å². The molecule has 1 aromatic heterocycles. The summed E-state index contributed by atoms with van der Waals surface area (Å²) in [6.07, 6.45) is 5.84. The molecule has 1 N–H and O–H groups in total. The predicted molar refractivity (Wildman–Crippen MR) is 86.7 cm³/mol. The molecule has 2 heterocycles. The molecule has 106 valence electrons. The molecule has 0 spiro atoms. The Balaban J connectivity index is 2.07. The van der Waals surface area contributed by atoms with Crippen molar-refractivity contribution in [3.05, 3.63) is 40.0 Å². The summed E-state index contributed by atoms with van der Waals surface area (Å²) in [5, 5.41) is 8.44. The second-order valence-electron chi connectivity index (χ2n) is 5.30. The molecule has 3 rings (SSSR count). The molecule has 0 radical (unpaired) electrons. The van der Waals surface area contributed by atoms with Crippen molar-refractivity contribution in [3.63, 3.8) is 0 Å². The highest BCUT2D eigenvalue weighted by Crippen LogP contribution is 2.29. The van der Waals surface area contributed by atoms with Gasteiger partial charge in [-0.1, -0.05) is 29.3 Å². The lowest BCUT2D eigenvalue weighted by molar-refractivity contribution is 0.753. The second kappa shape index (κ2) is 6.00. The molecule has 0 fully saturated rings. The van der Waals surface area contributed by atoms with Gasteiger partial charge in [-0.3, -0.25) is 0 Å². The Labute approximate surface area is 128 Å². The number of nitrogens with zero attached hydrogens (tertiary/aromatic N) is 2. The van der Waals surface area contributed by atoms with Crippen LogP contribution in [0.1, 0.15) is 37.4 Å². The fourth-order valence-corrected chi connectivity index (χ4v) is 3.04. The molecule has 4 heteroatoms. The summed E-state index contributed by atoms with van der Waals surface area (Å²) in [5.74, 6) is 1.20. The fourth-order valence-electron chi connectivity index (χ4n) is 2.78. The van der Waals surface area contributed by atoms with Gasteiger partial charge in [0.25, 0.3) is 0 Å². The Bertz CT molecular complexity index is 587. The number of aryl methyl sites for hydroxylation is 1. The molecule has 2 aromatic rings. The molecule has 0 amide bonds. The molecule has 3 nitrogen and oxygen atoms in total. The van der Waals surface area contributed by atoms with Crippen LogP contribution in [0.5, 0.6) is 0 Å². The van der Waals surface area contributed by atoms with Crippen LogP contribution in [0.15, 0.2) is 28.7 Å². The molecule has 1 aliphatic rings. The predicted octanol–water partition coefficient (Wildman–Crippen LogP) is 4.34. The van der Waals surface area contributed by atoms with Crippen LogP contribution in [0.25, 0.3) is 5.69 Å². The minimum Gasteiger partial charge on any atom is -0.370 e. The van der Waals surface area contributed by atoms with Gasteiger partial charge in [0.15, 0.2) is 0 Å². The zero-order valence-electron chi connectivity index (χ0n) is 11.8. The smallest absolute Gasteiger partial charge is 0.133 e. The number of aromatic nitrogens is 2. The Morgan fingerprint density at radius 1 is 1.25 bits per heavy atom. The normalized spacial score (nSPS) is 14.5. The van der Waals surface area contributed by atoms with Crippen LogP contribution in [0, 0.1) is 0 Å². The fraction of sp³-hybridized carbons (Fsp3) is 0.438. The highest BCUT2D eigenvalue weighted by atomic mass is 79.9. The molecule has 20 heavy (non-hydrogen) atoms. The van der Waals surface area contributed by atoms with Gasteiger partial charge in [0.1, 0.15) is 5.82 Å². The molecule has 0 unspecified atom stereocenters. The van der Waals surface area contributed by atoms with E-state index in [-0.39, 0.29) is 0 Å². The van der Waals surface area contributed by atoms with Crippen LogP contribution in [0.2, 0.25) is 0 Å². The average Bonchev–Trinajstić information content (AvgIpc) is 2.64. The van der Waals surface area contributed by atoms with Gasteiger partial charge in [-0.2, -0.15) is 5.10 Å². The summed E-state index contributed by atoms with van der Waals surface area (Å²) in [6.45, 7) is 3.26. The summed E-state index contributed by atoms with van der Waals surface area (Å²) in [7, 11) is 0. The van der Waals surface area contributed by atoms with E-state index in [2.05, 4.69) is 57.1 Å². The average molecular weight is 334 g/mol. The molecular formula is C16H20BrN3. The van der Waals surface area contributed by atoms with Gasteiger partial charge in [-0.15, -0.1) is 0 Å². The Hall–Kier alpha value is -1.29. The Morgan fingerprint density at radius 3 is 2.80 bits per heavy atom. The van der Waals surface area contributed by atoms with Crippen molar-refractivity contribution in [2.45, 2.75) is 39.0 Å². The van der Waals surface area contributed by atoms with E-state index in [9.17, 15) is 0 Å². The number of halogens is 1. The van der Waals surface area contributed by atoms with Crippen LogP contribution in [0.3, 0.4) is 0 Å². The van der Waals surface area contributed by atoms with Crippen LogP contribution < -0.4 is 5.32 Å². The van der Waals surface area contributed by atoms with E-state index in [0.29, 0.717) is 0 Å². The van der Waals surface area contributed by atoms with E-state index in [1.165, 1.54) is 29.9 Å². The molecule has 0 atom stereocenters. The van der Waals surface area contributed by atoms with E-state index >= 15 is 0 Å². The highest BCUT2D eigenvalue weighted by molar-refractivity contribution is 9.10. The molecule has 0 bridgehead atoms. The minimum atomic E-state index is 1.04. The molecule has 1 aliphatic heterocycles. The molecule has 0 saturated carbocycles. The van der Waals surface area contributed by atoms with Crippen molar-refractivity contribution in [1.29, 1.82) is 0 Å². The van der Waals surface area contributed by atoms with Gasteiger partial charge in [-0.05, 0) is 49.9 Å². The summed E-state index contributed by atoms with van der Waals surface area (Å²) < 4.78 is 3.18. The van der Waals surface area contributed by atoms with E-state index in [0.717, 1.165) is 36.0 Å². The topological polar surface area (TPSA) is 29.9 Å². The summed E-state index contributed by atoms with van der Waals surface area (Å²) >= 11 is 3.49. The zero-order valence-corrected chi connectivity index (χ0v) is 13.4. The van der Waals surface area contributed by atoms with Gasteiger partial charge < -0.3 is 5.32 Å². The maximum absolute atomic E-state index is 4.86. The zero-order chi connectivity index (χ0) is 13.9. The first kappa shape index (κ1) is 13.7. The third-order valence-electron chi connectivity index (χ3n) is 3.77. The molecule has 1 aromatic carbocycles. The van der Waals surface area contributed by atoms with Gasteiger partial charge in [0.05, 0.1) is 11.4 Å². The number of rotatable bonds is 3. The van der Waals surface area contributed by atoms with Gasteiger partial charge >= 0.3 is 0 Å². The maximum atomic E-state index is 4.86. The standard InChI is InChI=1S/C16H20BrN3/c1-2-5-15-14-6-3-4-11-18-16(14)20(19-15)13-9-7-12(17)8-10-13/h7-10,18H,2-6,11H2,1H3. The van der Waals surface area contributed by atoms with Gasteiger partial charge in [0, 0.05) is 16.6 Å². The van der Waals surface area contributed by atoms with Crippen LogP contribution in [-0.4, -0.2) is 16.3 Å². The van der Waals surface area contributed by atoms with E-state index < -0.39 is 0 Å². The lowest BCUT2D eigenvalue weighted by atomic mass is 10.1. The van der Waals surface area contributed by atoms with Gasteiger partial charge in [-0.25, -0.2) is 4.68 Å². The Morgan fingerprint density at radius 2 is 2.05 bits per heavy atom. The van der Waals surface area contributed by atoms with Crippen molar-refractivity contribution in [2.24, 2.45) is 0 Å². The second-order valence-corrected chi connectivity index (χ2v) is 6.21. The molecule has 0 aliphatic carbocycles. The molecular weight excluding hydrogens is 314 g/mol. The first-order chi connectivity index (χ1) is 9.79. The number of hydrogen-bond donors (Lipinski definition) is 1. The number of anilines is 1. The quantitative estimate of drug-likeness (QED) is 0.905. The Kier molecular flexibility index (Phi) is 4.10. The number of fused-ring (bicyclic) bond motifs is 1. The lowest BCUT2D eigenvalue weighted by Gasteiger charge is -2.09. The van der Waals surface area contributed by atoms with E-state index in [1.807, 2.05) is 0 Å². The number of hydrogen-bond acceptors (Lipinski definition) is 2. The highest BCUT2D eigenvalue weighted by Gasteiger charge is 2.19. The van der Waals surface area contributed by atoms with Crippen molar-refractivity contribution < 1.29 is 0 Å². The van der Waals surface area contributed by atoms with Crippen molar-refractivity contribution >= 4 is 21.7 Å². The third-order valence-corrected chi connectivity index (χ3v) is 4.30. The SMILES string of the molecule is CCCc1nn(-c2ccc(Br)cc2)c2c1CCCCN2. The summed E-state index contributed by atoms with van der Waals surface area (Å²) in [5.41, 5.74) is 3.81. The number of benzene rings is 1. The van der Waals surface area contributed by atoms with Crippen molar-refractivity contribution in [3.8, 4) is 5.69 Å². The first-order valence-electron chi connectivity index (χ1n) is 7.40. The van der Waals surface area contributed by atoms with Crippen LogP contribution in [-0.2, 0) is 12.8 Å². The minimum absolute atomic E-state index is 1.04. The lowest BCUT2D eigenvalue weighted by Crippen LogP contribution is -2.07. The summed E-state index contributed by atoms with van der Waals surface area (Å²) in [4.78, 5) is 0. The maximum Gasteiger partial charge on any atom is 0.133 e. The largest absolute Gasteiger partial charge is 0.370 e. The van der Waals surface area contributed by atoms with Crippen molar-refractivity contribution in [1.82, 2.24) is 9.78 Å². The third kappa shape index (κ3) is 2.62. The van der Waals surface area contributed by atoms with Crippen LogP contribution >= 0.6 is 15.9 Å². The monoisotopic (exact) mass is 333 g/mol. The van der Waals surface area contributed by atoms with Crippen LogP contribution in [0.4, 0.5) is 5.82 Å². The number of nitrogens with one attached hydrogen (secondary N) is 1. The first-order valence-corrected chi connectivity index (χ1v) is 8.19.